The van der Waals surface area contributed by atoms with E-state index in [0.29, 0.717) is 48.5 Å². The molecule has 9 heteroatoms. The lowest BCUT2D eigenvalue weighted by Gasteiger charge is -2.37. The van der Waals surface area contributed by atoms with E-state index in [-0.39, 0.29) is 10.8 Å². The van der Waals surface area contributed by atoms with Gasteiger partial charge in [0, 0.05) is 43.3 Å². The van der Waals surface area contributed by atoms with Gasteiger partial charge in [0.15, 0.2) is 0 Å². The maximum absolute atomic E-state index is 13.4. The number of hydrogen-bond donors (Lipinski definition) is 1. The number of sulfonamides is 1. The van der Waals surface area contributed by atoms with Crippen molar-refractivity contribution < 1.29 is 17.9 Å². The Hall–Kier alpha value is -4.63. The maximum atomic E-state index is 13.4. The highest BCUT2D eigenvalue weighted by Crippen LogP contribution is 2.34. The summed E-state index contributed by atoms with van der Waals surface area (Å²) in [6.07, 6.45) is 7.74. The monoisotopic (exact) mass is 566 g/mol. The molecular weight excluding hydrogens is 536 g/mol. The molecular formula is C32H30N4O4S. The number of carbonyl (C=O) groups is 1. The molecule has 0 radical (unpaired) electrons. The number of piperazine rings is 1. The Morgan fingerprint density at radius 3 is 2.46 bits per heavy atom. The Morgan fingerprint density at radius 2 is 1.76 bits per heavy atom. The number of amides is 1. The van der Waals surface area contributed by atoms with E-state index in [2.05, 4.69) is 45.0 Å². The number of benzene rings is 3. The van der Waals surface area contributed by atoms with Crippen LogP contribution in [0.5, 0.6) is 5.75 Å². The number of nitrogens with zero attached hydrogens (tertiary/aromatic N) is 3. The standard InChI is InChI=1S/C32H30N4O4S/c1-22-20-26(11-13-27(22)34-41(38,39)30-10-4-8-24-9-5-15-33-31(24)30)32(37)36-18-16-35(17-19-36)28-14-12-25(21-29(28)40-2)23-6-3-7-23/h3-15,20-21,34H,16-19H2,1-2H3. The maximum Gasteiger partial charge on any atom is 0.264 e. The summed E-state index contributed by atoms with van der Waals surface area (Å²) in [5.74, 6) is 0.739. The van der Waals surface area contributed by atoms with E-state index in [1.54, 1.807) is 50.6 Å². The summed E-state index contributed by atoms with van der Waals surface area (Å²) in [5.41, 5.74) is 5.33. The summed E-state index contributed by atoms with van der Waals surface area (Å²) in [6, 6.07) is 19.9. The number of fused-ring (bicyclic) bond motifs is 1. The normalized spacial score (nSPS) is 14.9. The van der Waals surface area contributed by atoms with Crippen LogP contribution in [0.1, 0.15) is 21.5 Å². The summed E-state index contributed by atoms with van der Waals surface area (Å²) < 4.78 is 34.9. The molecule has 8 nitrogen and oxygen atoms in total. The van der Waals surface area contributed by atoms with Gasteiger partial charge in [0.2, 0.25) is 0 Å². The van der Waals surface area contributed by atoms with Gasteiger partial charge in [-0.3, -0.25) is 14.5 Å². The minimum Gasteiger partial charge on any atom is -0.495 e. The van der Waals surface area contributed by atoms with E-state index >= 15 is 0 Å². The van der Waals surface area contributed by atoms with Crippen molar-refractivity contribution >= 4 is 43.8 Å². The number of anilines is 2. The van der Waals surface area contributed by atoms with Crippen molar-refractivity contribution in [2.45, 2.75) is 11.8 Å². The molecule has 0 atom stereocenters. The fourth-order valence-electron chi connectivity index (χ4n) is 5.24. The second-order valence-electron chi connectivity index (χ2n) is 10.1. The first-order chi connectivity index (χ1) is 19.8. The summed E-state index contributed by atoms with van der Waals surface area (Å²) in [4.78, 5) is 21.8. The lowest BCUT2D eigenvalue weighted by atomic mass is 9.98. The third kappa shape index (κ3) is 5.16. The van der Waals surface area contributed by atoms with Crippen molar-refractivity contribution in [3.63, 3.8) is 0 Å². The molecule has 208 valence electrons. The fourth-order valence-corrected chi connectivity index (χ4v) is 6.55. The zero-order chi connectivity index (χ0) is 28.6. The highest BCUT2D eigenvalue weighted by atomic mass is 32.2. The van der Waals surface area contributed by atoms with Crippen molar-refractivity contribution in [1.82, 2.24) is 9.88 Å². The van der Waals surface area contributed by atoms with Gasteiger partial charge < -0.3 is 14.5 Å². The molecule has 0 bridgehead atoms. The Balaban J connectivity index is 1.13. The molecule has 0 saturated carbocycles. The molecule has 1 N–H and O–H groups in total. The average molecular weight is 567 g/mol. The molecule has 1 fully saturated rings. The van der Waals surface area contributed by atoms with Gasteiger partial charge in [-0.25, -0.2) is 8.42 Å². The summed E-state index contributed by atoms with van der Waals surface area (Å²) >= 11 is 0. The number of aromatic nitrogens is 1. The molecule has 2 heterocycles. The van der Waals surface area contributed by atoms with Crippen LogP contribution in [0.25, 0.3) is 16.5 Å². The summed E-state index contributed by atoms with van der Waals surface area (Å²) in [7, 11) is -2.21. The molecule has 1 aromatic heterocycles. The second-order valence-corrected chi connectivity index (χ2v) is 11.8. The molecule has 4 aromatic rings. The van der Waals surface area contributed by atoms with Gasteiger partial charge in [-0.15, -0.1) is 0 Å². The fraction of sp³-hybridized carbons (Fsp3) is 0.188. The molecule has 6 rings (SSSR count). The van der Waals surface area contributed by atoms with Crippen molar-refractivity contribution in [2.24, 2.45) is 0 Å². The van der Waals surface area contributed by atoms with E-state index < -0.39 is 10.0 Å². The van der Waals surface area contributed by atoms with E-state index in [4.69, 9.17) is 4.74 Å². The number of aryl methyl sites for hydroxylation is 1. The van der Waals surface area contributed by atoms with Crippen LogP contribution in [0.4, 0.5) is 11.4 Å². The van der Waals surface area contributed by atoms with Crippen LogP contribution in [0.2, 0.25) is 0 Å². The van der Waals surface area contributed by atoms with Crippen molar-refractivity contribution in [2.75, 3.05) is 42.9 Å². The number of para-hydroxylation sites is 1. The average Bonchev–Trinajstić information content (AvgIpc) is 2.96. The Morgan fingerprint density at radius 1 is 0.976 bits per heavy atom. The van der Waals surface area contributed by atoms with Crippen molar-refractivity contribution in [3.05, 3.63) is 108 Å². The number of nitrogens with one attached hydrogen (secondary N) is 1. The van der Waals surface area contributed by atoms with Crippen LogP contribution < -0.4 is 14.4 Å². The molecule has 3 aromatic carbocycles. The number of allylic oxidation sites excluding steroid dienone is 4. The Bertz CT molecular complexity index is 1820. The summed E-state index contributed by atoms with van der Waals surface area (Å²) in [6.45, 7) is 4.29. The highest BCUT2D eigenvalue weighted by molar-refractivity contribution is 7.93. The molecule has 1 aliphatic heterocycles. The third-order valence-corrected chi connectivity index (χ3v) is 8.97. The number of pyridine rings is 1. The van der Waals surface area contributed by atoms with Gasteiger partial charge in [-0.1, -0.05) is 42.5 Å². The van der Waals surface area contributed by atoms with Crippen LogP contribution in [0, 0.1) is 6.92 Å². The molecule has 1 saturated heterocycles. The largest absolute Gasteiger partial charge is 0.495 e. The van der Waals surface area contributed by atoms with Crippen LogP contribution in [0.15, 0.2) is 96.1 Å². The van der Waals surface area contributed by atoms with Crippen molar-refractivity contribution in [1.29, 1.82) is 0 Å². The molecule has 0 unspecified atom stereocenters. The number of carbonyl (C=O) groups excluding carboxylic acids is 1. The number of ether oxygens (including phenoxy) is 1. The molecule has 0 spiro atoms. The van der Waals surface area contributed by atoms with Crippen LogP contribution in [-0.4, -0.2) is 57.5 Å². The minimum atomic E-state index is -3.89. The van der Waals surface area contributed by atoms with Gasteiger partial charge in [0.25, 0.3) is 15.9 Å². The first-order valence-electron chi connectivity index (χ1n) is 13.4. The molecule has 2 aliphatic rings. The topological polar surface area (TPSA) is 91.8 Å². The quantitative estimate of drug-likeness (QED) is 0.328. The van der Waals surface area contributed by atoms with Gasteiger partial charge in [-0.2, -0.15) is 0 Å². The van der Waals surface area contributed by atoms with Gasteiger partial charge in [0.05, 0.1) is 24.0 Å². The van der Waals surface area contributed by atoms with E-state index in [9.17, 15) is 13.2 Å². The first-order valence-corrected chi connectivity index (χ1v) is 14.9. The van der Waals surface area contributed by atoms with Gasteiger partial charge in [0.1, 0.15) is 10.6 Å². The molecule has 1 amide bonds. The predicted molar refractivity (Wildman–Crippen MR) is 162 cm³/mol. The summed E-state index contributed by atoms with van der Waals surface area (Å²) in [5, 5.41) is 0.743. The van der Waals surface area contributed by atoms with E-state index in [1.165, 1.54) is 11.6 Å². The van der Waals surface area contributed by atoms with Crippen molar-refractivity contribution in [3.8, 4) is 5.75 Å². The SMILES string of the molecule is COc1cc(C2=CC=C2)ccc1N1CCN(C(=O)c2ccc(NS(=O)(=O)c3cccc4cccnc34)c(C)c2)CC1. The lowest BCUT2D eigenvalue weighted by Crippen LogP contribution is -2.48. The first kappa shape index (κ1) is 26.6. The molecule has 41 heavy (non-hydrogen) atoms. The predicted octanol–water partition coefficient (Wildman–Crippen LogP) is 5.27. The second kappa shape index (κ2) is 10.7. The third-order valence-electron chi connectivity index (χ3n) is 7.58. The number of methoxy groups -OCH3 is 1. The number of hydrogen-bond acceptors (Lipinski definition) is 6. The number of rotatable bonds is 7. The Kier molecular flexibility index (Phi) is 6.96. The molecule has 1 aliphatic carbocycles. The lowest BCUT2D eigenvalue weighted by molar-refractivity contribution is 0.0746. The minimum absolute atomic E-state index is 0.0774. The zero-order valence-corrected chi connectivity index (χ0v) is 23.7. The van der Waals surface area contributed by atoms with Crippen LogP contribution in [0.3, 0.4) is 0 Å². The Labute approximate surface area is 239 Å². The smallest absolute Gasteiger partial charge is 0.264 e. The highest BCUT2D eigenvalue weighted by Gasteiger charge is 2.25. The van der Waals surface area contributed by atoms with E-state index in [0.717, 1.165) is 22.4 Å². The van der Waals surface area contributed by atoms with Gasteiger partial charge >= 0.3 is 0 Å². The van der Waals surface area contributed by atoms with Crippen LogP contribution >= 0.6 is 0 Å². The van der Waals surface area contributed by atoms with Gasteiger partial charge in [-0.05, 0) is 66.1 Å². The van der Waals surface area contributed by atoms with E-state index in [1.807, 2.05) is 23.1 Å². The van der Waals surface area contributed by atoms with Crippen LogP contribution in [-0.2, 0) is 10.0 Å². The zero-order valence-electron chi connectivity index (χ0n) is 22.9.